The van der Waals surface area contributed by atoms with E-state index >= 15 is 0 Å². The minimum absolute atomic E-state index is 0.562. The Labute approximate surface area is 133 Å². The number of nitrogen functional groups attached to an aromatic ring is 1. The average Bonchev–Trinajstić information content (AvgIpc) is 2.55. The first-order chi connectivity index (χ1) is 10.7. The van der Waals surface area contributed by atoms with E-state index in [0.29, 0.717) is 16.6 Å². The average molecular weight is 309 g/mol. The van der Waals surface area contributed by atoms with E-state index in [9.17, 15) is 0 Å². The van der Waals surface area contributed by atoms with Gasteiger partial charge in [0, 0.05) is 40.0 Å². The van der Waals surface area contributed by atoms with Crippen molar-refractivity contribution < 1.29 is 4.74 Å². The number of benzene rings is 2. The molecule has 0 saturated carbocycles. The molecule has 22 heavy (non-hydrogen) atoms. The quantitative estimate of drug-likeness (QED) is 0.571. The van der Waals surface area contributed by atoms with Crippen LogP contribution in [0.5, 0.6) is 5.88 Å². The molecule has 0 amide bonds. The number of ether oxygens (including phenoxy) is 1. The van der Waals surface area contributed by atoms with Crippen molar-refractivity contribution in [2.75, 3.05) is 18.2 Å². The second-order valence-electron chi connectivity index (χ2n) is 4.79. The first-order valence-electron chi connectivity index (χ1n) is 6.77. The van der Waals surface area contributed by atoms with Crippen molar-refractivity contribution in [2.24, 2.45) is 0 Å². The van der Waals surface area contributed by atoms with Crippen molar-refractivity contribution in [3.05, 3.63) is 60.3 Å². The second-order valence-corrected chi connectivity index (χ2v) is 5.20. The van der Waals surface area contributed by atoms with Gasteiger partial charge in [-0.2, -0.15) is 0 Å². The number of hydrogen-bond donors (Lipinski definition) is 2. The zero-order valence-electron chi connectivity index (χ0n) is 12.0. The van der Waals surface area contributed by atoms with E-state index < -0.39 is 0 Å². The molecule has 0 aliphatic heterocycles. The summed E-state index contributed by atoms with van der Waals surface area (Å²) in [6, 6.07) is 15.3. The van der Waals surface area contributed by atoms with Crippen LogP contribution in [-0.4, -0.2) is 17.1 Å². The Morgan fingerprint density at radius 3 is 2.77 bits per heavy atom. The Hall–Kier alpha value is -2.66. The van der Waals surface area contributed by atoms with Crippen LogP contribution in [0.2, 0.25) is 0 Å². The van der Waals surface area contributed by atoms with Crippen LogP contribution in [0.4, 0.5) is 11.4 Å². The van der Waals surface area contributed by atoms with Gasteiger partial charge < -0.3 is 15.8 Å². The third-order valence-corrected chi connectivity index (χ3v) is 3.72. The molecule has 0 aliphatic carbocycles. The van der Waals surface area contributed by atoms with Gasteiger partial charge in [0.15, 0.2) is 0 Å². The van der Waals surface area contributed by atoms with Crippen molar-refractivity contribution in [3.63, 3.8) is 0 Å². The summed E-state index contributed by atoms with van der Waals surface area (Å²) in [5, 5.41) is 5.26. The number of pyridine rings is 1. The van der Waals surface area contributed by atoms with Gasteiger partial charge in [-0.3, -0.25) is 0 Å². The number of hydrogen-bond acceptors (Lipinski definition) is 4. The zero-order valence-corrected chi connectivity index (χ0v) is 12.9. The summed E-state index contributed by atoms with van der Waals surface area (Å²) in [6.07, 6.45) is 1.78. The van der Waals surface area contributed by atoms with Crippen molar-refractivity contribution in [2.45, 2.75) is 0 Å². The van der Waals surface area contributed by atoms with Crippen molar-refractivity contribution >= 4 is 39.4 Å². The van der Waals surface area contributed by atoms with Gasteiger partial charge in [0.2, 0.25) is 5.88 Å². The highest BCUT2D eigenvalue weighted by molar-refractivity contribution is 7.81. The number of rotatable bonds is 3. The number of anilines is 2. The van der Waals surface area contributed by atoms with Gasteiger partial charge in [-0.1, -0.05) is 36.5 Å². The van der Waals surface area contributed by atoms with Crippen LogP contribution >= 0.6 is 12.2 Å². The summed E-state index contributed by atoms with van der Waals surface area (Å²) >= 11 is 5.48. The van der Waals surface area contributed by atoms with E-state index in [1.165, 1.54) is 0 Å². The Kier molecular flexibility index (Phi) is 3.89. The van der Waals surface area contributed by atoms with Gasteiger partial charge in [0.05, 0.1) is 7.11 Å². The highest BCUT2D eigenvalue weighted by Gasteiger charge is 2.08. The van der Waals surface area contributed by atoms with Gasteiger partial charge in [-0.25, -0.2) is 4.98 Å². The molecule has 3 rings (SSSR count). The summed E-state index contributed by atoms with van der Waals surface area (Å²) in [6.45, 7) is 0. The summed E-state index contributed by atoms with van der Waals surface area (Å²) in [4.78, 5) is 4.80. The molecular weight excluding hydrogens is 294 g/mol. The van der Waals surface area contributed by atoms with Gasteiger partial charge in [-0.15, -0.1) is 0 Å². The molecule has 3 aromatic rings. The Morgan fingerprint density at radius 1 is 1.18 bits per heavy atom. The lowest BCUT2D eigenvalue weighted by molar-refractivity contribution is 0.399. The SMILES string of the molecule is COc1cc2c(NC(=S)c3ccccc3N)cccc2cn1. The molecule has 4 nitrogen and oxygen atoms in total. The van der Waals surface area contributed by atoms with Crippen LogP contribution < -0.4 is 15.8 Å². The van der Waals surface area contributed by atoms with E-state index in [0.717, 1.165) is 22.0 Å². The molecule has 5 heteroatoms. The van der Waals surface area contributed by atoms with Crippen LogP contribution in [0.15, 0.2) is 54.7 Å². The molecule has 0 fully saturated rings. The summed E-state index contributed by atoms with van der Waals surface area (Å²) in [7, 11) is 1.60. The van der Waals surface area contributed by atoms with E-state index in [1.807, 2.05) is 48.5 Å². The zero-order chi connectivity index (χ0) is 15.5. The van der Waals surface area contributed by atoms with Gasteiger partial charge in [-0.05, 0) is 18.2 Å². The number of thiocarbonyl (C=S) groups is 1. The number of nitrogens with zero attached hydrogens (tertiary/aromatic N) is 1. The molecule has 0 unspecified atom stereocenters. The fourth-order valence-corrected chi connectivity index (χ4v) is 2.56. The smallest absolute Gasteiger partial charge is 0.213 e. The van der Waals surface area contributed by atoms with Crippen LogP contribution in [0.1, 0.15) is 5.56 Å². The highest BCUT2D eigenvalue weighted by atomic mass is 32.1. The number of aromatic nitrogens is 1. The monoisotopic (exact) mass is 309 g/mol. The largest absolute Gasteiger partial charge is 0.481 e. The molecule has 0 aliphatic rings. The predicted molar refractivity (Wildman–Crippen MR) is 94.5 cm³/mol. The molecule has 3 N–H and O–H groups in total. The highest BCUT2D eigenvalue weighted by Crippen LogP contribution is 2.26. The van der Waals surface area contributed by atoms with Crippen LogP contribution in [0.25, 0.3) is 10.8 Å². The summed E-state index contributed by atoms with van der Waals surface area (Å²) in [5.74, 6) is 0.562. The summed E-state index contributed by atoms with van der Waals surface area (Å²) in [5.41, 5.74) is 8.34. The molecule has 2 aromatic carbocycles. The van der Waals surface area contributed by atoms with Crippen molar-refractivity contribution in [1.29, 1.82) is 0 Å². The second kappa shape index (κ2) is 5.99. The molecule has 0 radical (unpaired) electrons. The minimum atomic E-state index is 0.562. The molecule has 1 aromatic heterocycles. The fourth-order valence-electron chi connectivity index (χ4n) is 2.26. The molecule has 1 heterocycles. The number of fused-ring (bicyclic) bond motifs is 1. The number of nitrogens with two attached hydrogens (primary N) is 1. The fraction of sp³-hybridized carbons (Fsp3) is 0.0588. The number of nitrogens with one attached hydrogen (secondary N) is 1. The maximum atomic E-state index is 5.98. The molecule has 0 atom stereocenters. The Bertz CT molecular complexity index is 848. The number of methoxy groups -OCH3 is 1. The normalized spacial score (nSPS) is 10.4. The molecule has 0 saturated heterocycles. The van der Waals surface area contributed by atoms with Gasteiger partial charge in [0.1, 0.15) is 4.99 Å². The topological polar surface area (TPSA) is 60.2 Å². The standard InChI is InChI=1S/C17H15N3OS/c1-21-16-9-13-11(10-19-16)5-4-8-15(13)20-17(22)12-6-2-3-7-14(12)18/h2-10H,18H2,1H3,(H,20,22). The van der Waals surface area contributed by atoms with E-state index in [4.69, 9.17) is 22.7 Å². The lowest BCUT2D eigenvalue weighted by Crippen LogP contribution is -2.12. The summed E-state index contributed by atoms with van der Waals surface area (Å²) < 4.78 is 5.19. The van der Waals surface area contributed by atoms with Gasteiger partial charge in [0.25, 0.3) is 0 Å². The first-order valence-corrected chi connectivity index (χ1v) is 7.18. The molecular formula is C17H15N3OS. The maximum absolute atomic E-state index is 5.98. The molecule has 0 spiro atoms. The first kappa shape index (κ1) is 14.3. The van der Waals surface area contributed by atoms with Gasteiger partial charge >= 0.3 is 0 Å². The molecule has 110 valence electrons. The molecule has 0 bridgehead atoms. The van der Waals surface area contributed by atoms with E-state index in [-0.39, 0.29) is 0 Å². The number of para-hydroxylation sites is 1. The minimum Gasteiger partial charge on any atom is -0.481 e. The van der Waals surface area contributed by atoms with Crippen molar-refractivity contribution in [3.8, 4) is 5.88 Å². The lowest BCUT2D eigenvalue weighted by Gasteiger charge is -2.13. The Balaban J connectivity index is 2.00. The van der Waals surface area contributed by atoms with Crippen molar-refractivity contribution in [1.82, 2.24) is 4.98 Å². The van der Waals surface area contributed by atoms with Crippen LogP contribution in [-0.2, 0) is 0 Å². The maximum Gasteiger partial charge on any atom is 0.213 e. The van der Waals surface area contributed by atoms with Crippen LogP contribution in [0.3, 0.4) is 0 Å². The Morgan fingerprint density at radius 2 is 2.00 bits per heavy atom. The van der Waals surface area contributed by atoms with E-state index in [1.54, 1.807) is 13.3 Å². The predicted octanol–water partition coefficient (Wildman–Crippen LogP) is 3.61. The van der Waals surface area contributed by atoms with Crippen LogP contribution in [0, 0.1) is 0 Å². The lowest BCUT2D eigenvalue weighted by atomic mass is 10.1. The third kappa shape index (κ3) is 2.71. The van der Waals surface area contributed by atoms with E-state index in [2.05, 4.69) is 10.3 Å². The third-order valence-electron chi connectivity index (χ3n) is 3.40.